The van der Waals surface area contributed by atoms with Crippen LogP contribution in [-0.4, -0.2) is 30.6 Å². The monoisotopic (exact) mass is 363 g/mol. The van der Waals surface area contributed by atoms with Crippen LogP contribution in [0, 0.1) is 0 Å². The maximum atomic E-state index is 13.1. The molecule has 0 spiro atoms. The first kappa shape index (κ1) is 16.2. The maximum Gasteiger partial charge on any atom is 0.290 e. The maximum absolute atomic E-state index is 13.1. The topological polar surface area (TPSA) is 51.9 Å². The van der Waals surface area contributed by atoms with E-state index in [2.05, 4.69) is 0 Å². The summed E-state index contributed by atoms with van der Waals surface area (Å²) in [5, 5.41) is 0.951. The molecule has 3 aromatic rings. The van der Waals surface area contributed by atoms with Crippen LogP contribution in [-0.2, 0) is 0 Å². The number of amides is 1. The second kappa shape index (κ2) is 6.65. The number of furan rings is 1. The van der Waals surface area contributed by atoms with E-state index in [1.807, 2.05) is 53.4 Å². The van der Waals surface area contributed by atoms with E-state index in [0.717, 1.165) is 53.8 Å². The van der Waals surface area contributed by atoms with E-state index < -0.39 is 0 Å². The number of likely N-dealkylation sites (tertiary alicyclic amines) is 1. The SMILES string of the molecule is O=C(c1cc2ccccc2o1)N1CCC[C@H]1c1ccc2c(c1)OCCCO2. The first-order valence-corrected chi connectivity index (χ1v) is 9.49. The van der Waals surface area contributed by atoms with Crippen molar-refractivity contribution in [3.8, 4) is 11.5 Å². The molecule has 138 valence electrons. The summed E-state index contributed by atoms with van der Waals surface area (Å²) in [4.78, 5) is 15.0. The highest BCUT2D eigenvalue weighted by Crippen LogP contribution is 2.38. The van der Waals surface area contributed by atoms with Crippen LogP contribution in [0.15, 0.2) is 52.9 Å². The van der Waals surface area contributed by atoms with Crippen molar-refractivity contribution in [1.29, 1.82) is 0 Å². The van der Waals surface area contributed by atoms with Crippen molar-refractivity contribution in [2.24, 2.45) is 0 Å². The number of carbonyl (C=O) groups is 1. The second-order valence-corrected chi connectivity index (χ2v) is 7.06. The van der Waals surface area contributed by atoms with Gasteiger partial charge in [-0.05, 0) is 42.7 Å². The summed E-state index contributed by atoms with van der Waals surface area (Å²) >= 11 is 0. The van der Waals surface area contributed by atoms with Gasteiger partial charge in [-0.1, -0.05) is 24.3 Å². The average molecular weight is 363 g/mol. The Kier molecular flexibility index (Phi) is 4.00. The van der Waals surface area contributed by atoms with Gasteiger partial charge in [-0.15, -0.1) is 0 Å². The minimum absolute atomic E-state index is 0.0304. The van der Waals surface area contributed by atoms with E-state index in [4.69, 9.17) is 13.9 Å². The van der Waals surface area contributed by atoms with Crippen molar-refractivity contribution in [3.63, 3.8) is 0 Å². The van der Waals surface area contributed by atoms with Gasteiger partial charge in [0.25, 0.3) is 5.91 Å². The minimum Gasteiger partial charge on any atom is -0.490 e. The van der Waals surface area contributed by atoms with Crippen LogP contribution in [0.1, 0.15) is 41.4 Å². The predicted molar refractivity (Wildman–Crippen MR) is 101 cm³/mol. The number of fused-ring (bicyclic) bond motifs is 2. The van der Waals surface area contributed by atoms with E-state index in [0.29, 0.717) is 19.0 Å². The number of benzene rings is 2. The lowest BCUT2D eigenvalue weighted by Crippen LogP contribution is -2.30. The van der Waals surface area contributed by atoms with Gasteiger partial charge in [0.1, 0.15) is 5.58 Å². The lowest BCUT2D eigenvalue weighted by molar-refractivity contribution is 0.0705. The van der Waals surface area contributed by atoms with E-state index in [-0.39, 0.29) is 11.9 Å². The molecule has 0 bridgehead atoms. The molecular formula is C22H21NO4. The van der Waals surface area contributed by atoms with Crippen LogP contribution in [0.4, 0.5) is 0 Å². The summed E-state index contributed by atoms with van der Waals surface area (Å²) < 4.78 is 17.3. The fourth-order valence-corrected chi connectivity index (χ4v) is 3.97. The number of nitrogens with zero attached hydrogens (tertiary/aromatic N) is 1. The molecule has 2 aromatic carbocycles. The molecular weight excluding hydrogens is 342 g/mol. The Hall–Kier alpha value is -2.95. The number of rotatable bonds is 2. The first-order valence-electron chi connectivity index (χ1n) is 9.49. The van der Waals surface area contributed by atoms with Gasteiger partial charge in [0.2, 0.25) is 0 Å². The molecule has 3 heterocycles. The lowest BCUT2D eigenvalue weighted by atomic mass is 10.0. The molecule has 1 aromatic heterocycles. The lowest BCUT2D eigenvalue weighted by Gasteiger charge is -2.24. The molecule has 5 heteroatoms. The molecule has 0 aliphatic carbocycles. The Labute approximate surface area is 157 Å². The quantitative estimate of drug-likeness (QED) is 0.669. The number of ether oxygens (including phenoxy) is 2. The van der Waals surface area contributed by atoms with Crippen LogP contribution in [0.5, 0.6) is 11.5 Å². The van der Waals surface area contributed by atoms with Crippen LogP contribution in [0.25, 0.3) is 11.0 Å². The molecule has 5 rings (SSSR count). The Balaban J connectivity index is 1.44. The van der Waals surface area contributed by atoms with Gasteiger partial charge in [0.15, 0.2) is 17.3 Å². The molecule has 27 heavy (non-hydrogen) atoms. The average Bonchev–Trinajstić information content (AvgIpc) is 3.29. The second-order valence-electron chi connectivity index (χ2n) is 7.06. The third-order valence-electron chi connectivity index (χ3n) is 5.31. The number of hydrogen-bond acceptors (Lipinski definition) is 4. The summed E-state index contributed by atoms with van der Waals surface area (Å²) in [6, 6.07) is 15.6. The number of para-hydroxylation sites is 1. The highest BCUT2D eigenvalue weighted by atomic mass is 16.5. The zero-order chi connectivity index (χ0) is 18.2. The van der Waals surface area contributed by atoms with Gasteiger partial charge in [-0.3, -0.25) is 4.79 Å². The molecule has 0 N–H and O–H groups in total. The van der Waals surface area contributed by atoms with Crippen molar-refractivity contribution in [3.05, 3.63) is 59.9 Å². The van der Waals surface area contributed by atoms with Crippen molar-refractivity contribution >= 4 is 16.9 Å². The van der Waals surface area contributed by atoms with Crippen molar-refractivity contribution < 1.29 is 18.7 Å². The van der Waals surface area contributed by atoms with Crippen LogP contribution in [0.3, 0.4) is 0 Å². The molecule has 1 saturated heterocycles. The van der Waals surface area contributed by atoms with Crippen LogP contribution in [0.2, 0.25) is 0 Å². The minimum atomic E-state index is -0.0548. The molecule has 0 radical (unpaired) electrons. The predicted octanol–water partition coefficient (Wildman–Crippen LogP) is 4.57. The molecule has 1 amide bonds. The molecule has 1 fully saturated rings. The molecule has 0 saturated carbocycles. The van der Waals surface area contributed by atoms with Gasteiger partial charge in [-0.2, -0.15) is 0 Å². The normalized spacial score (nSPS) is 19.3. The fourth-order valence-electron chi connectivity index (χ4n) is 3.97. The molecule has 1 atom stereocenters. The van der Waals surface area contributed by atoms with E-state index in [1.54, 1.807) is 0 Å². The largest absolute Gasteiger partial charge is 0.490 e. The van der Waals surface area contributed by atoms with E-state index in [9.17, 15) is 4.79 Å². The van der Waals surface area contributed by atoms with Gasteiger partial charge in [-0.25, -0.2) is 0 Å². The summed E-state index contributed by atoms with van der Waals surface area (Å²) in [7, 11) is 0. The summed E-state index contributed by atoms with van der Waals surface area (Å²) in [5.74, 6) is 1.90. The third-order valence-corrected chi connectivity index (χ3v) is 5.31. The van der Waals surface area contributed by atoms with Crippen molar-refractivity contribution in [1.82, 2.24) is 4.90 Å². The molecule has 2 aliphatic rings. The van der Waals surface area contributed by atoms with E-state index >= 15 is 0 Å². The molecule has 5 nitrogen and oxygen atoms in total. The smallest absolute Gasteiger partial charge is 0.290 e. The zero-order valence-electron chi connectivity index (χ0n) is 15.0. The Morgan fingerprint density at radius 3 is 2.70 bits per heavy atom. The first-order chi connectivity index (χ1) is 13.3. The third kappa shape index (κ3) is 2.93. The van der Waals surface area contributed by atoms with Gasteiger partial charge < -0.3 is 18.8 Å². The molecule has 2 aliphatic heterocycles. The van der Waals surface area contributed by atoms with Crippen molar-refractivity contribution in [2.75, 3.05) is 19.8 Å². The summed E-state index contributed by atoms with van der Waals surface area (Å²) in [6.45, 7) is 2.06. The van der Waals surface area contributed by atoms with Crippen LogP contribution < -0.4 is 9.47 Å². The van der Waals surface area contributed by atoms with E-state index in [1.165, 1.54) is 0 Å². The van der Waals surface area contributed by atoms with Crippen LogP contribution >= 0.6 is 0 Å². The Morgan fingerprint density at radius 2 is 1.81 bits per heavy atom. The number of carbonyl (C=O) groups excluding carboxylic acids is 1. The highest BCUT2D eigenvalue weighted by molar-refractivity contribution is 5.96. The van der Waals surface area contributed by atoms with Gasteiger partial charge >= 0.3 is 0 Å². The van der Waals surface area contributed by atoms with Gasteiger partial charge in [0, 0.05) is 18.4 Å². The Bertz CT molecular complexity index is 960. The molecule has 0 unspecified atom stereocenters. The highest BCUT2D eigenvalue weighted by Gasteiger charge is 2.33. The van der Waals surface area contributed by atoms with Crippen molar-refractivity contribution in [2.45, 2.75) is 25.3 Å². The standard InChI is InChI=1S/C22H21NO4/c24-22(21-14-16-5-1-2-7-18(16)27-21)23-10-3-6-17(23)15-8-9-19-20(13-15)26-12-4-11-25-19/h1-2,5,7-9,13-14,17H,3-4,6,10-12H2/t17-/m0/s1. The van der Waals surface area contributed by atoms with Gasteiger partial charge in [0.05, 0.1) is 19.3 Å². The summed E-state index contributed by atoms with van der Waals surface area (Å²) in [6.07, 6.45) is 2.79. The zero-order valence-corrected chi connectivity index (χ0v) is 15.0. The fraction of sp³-hybridized carbons (Fsp3) is 0.318. The summed E-state index contributed by atoms with van der Waals surface area (Å²) in [5.41, 5.74) is 1.83. The number of hydrogen-bond donors (Lipinski definition) is 0. The Morgan fingerprint density at radius 1 is 0.963 bits per heavy atom.